The van der Waals surface area contributed by atoms with Crippen molar-refractivity contribution < 1.29 is 5.11 Å². The Morgan fingerprint density at radius 3 is 2.73 bits per heavy atom. The third-order valence-electron chi connectivity index (χ3n) is 3.26. The summed E-state index contributed by atoms with van der Waals surface area (Å²) < 4.78 is 0. The van der Waals surface area contributed by atoms with Crippen molar-refractivity contribution in [1.82, 2.24) is 0 Å². The van der Waals surface area contributed by atoms with E-state index in [0.717, 1.165) is 19.3 Å². The molecule has 3 atom stereocenters. The van der Waals surface area contributed by atoms with E-state index in [1.807, 2.05) is 24.3 Å². The minimum atomic E-state index is -0.145. The van der Waals surface area contributed by atoms with Crippen LogP contribution in [0.1, 0.15) is 18.4 Å². The van der Waals surface area contributed by atoms with Crippen LogP contribution in [0.15, 0.2) is 43.0 Å². The van der Waals surface area contributed by atoms with Gasteiger partial charge in [0.25, 0.3) is 0 Å². The highest BCUT2D eigenvalue weighted by Gasteiger charge is 2.39. The van der Waals surface area contributed by atoms with Crippen LogP contribution in [-0.2, 0) is 6.42 Å². The predicted molar refractivity (Wildman–Crippen MR) is 62.6 cm³/mol. The summed E-state index contributed by atoms with van der Waals surface area (Å²) >= 11 is 0. The number of rotatable bonds is 5. The Morgan fingerprint density at radius 2 is 2.13 bits per heavy atom. The lowest BCUT2D eigenvalue weighted by molar-refractivity contribution is 0.138. The van der Waals surface area contributed by atoms with E-state index in [9.17, 15) is 5.11 Å². The summed E-state index contributed by atoms with van der Waals surface area (Å²) in [5.41, 5.74) is 1.31. The molecule has 1 aliphatic carbocycles. The zero-order valence-corrected chi connectivity index (χ0v) is 8.97. The molecule has 1 aromatic carbocycles. The molecule has 0 heterocycles. The Kier molecular flexibility index (Phi) is 3.22. The van der Waals surface area contributed by atoms with Crippen LogP contribution < -0.4 is 0 Å². The van der Waals surface area contributed by atoms with Crippen molar-refractivity contribution in [1.29, 1.82) is 0 Å². The molecule has 0 aromatic heterocycles. The average Bonchev–Trinajstić information content (AvgIpc) is 3.06. The number of hydrogen-bond acceptors (Lipinski definition) is 1. The van der Waals surface area contributed by atoms with Gasteiger partial charge in [-0.3, -0.25) is 0 Å². The number of aliphatic hydroxyl groups excluding tert-OH is 1. The van der Waals surface area contributed by atoms with Crippen molar-refractivity contribution >= 4 is 0 Å². The zero-order chi connectivity index (χ0) is 10.7. The third kappa shape index (κ3) is 2.69. The van der Waals surface area contributed by atoms with E-state index in [1.54, 1.807) is 0 Å². The molecule has 0 radical (unpaired) electrons. The smallest absolute Gasteiger partial charge is 0.0577 e. The molecule has 1 aliphatic rings. The van der Waals surface area contributed by atoms with Crippen molar-refractivity contribution in [3.63, 3.8) is 0 Å². The highest BCUT2D eigenvalue weighted by molar-refractivity contribution is 5.15. The highest BCUT2D eigenvalue weighted by atomic mass is 16.3. The molecule has 1 heteroatoms. The maximum Gasteiger partial charge on any atom is 0.0577 e. The van der Waals surface area contributed by atoms with Gasteiger partial charge in [0.2, 0.25) is 0 Å². The van der Waals surface area contributed by atoms with Crippen LogP contribution in [-0.4, -0.2) is 11.2 Å². The molecule has 0 bridgehead atoms. The fourth-order valence-electron chi connectivity index (χ4n) is 2.12. The standard InChI is InChI=1S/C14H18O/c1-2-12-10-13(12)14(15)9-8-11-6-4-3-5-7-11/h2-7,12-15H,1,8-10H2/t12-,13+,14-/m1/s1. The van der Waals surface area contributed by atoms with Crippen LogP contribution >= 0.6 is 0 Å². The van der Waals surface area contributed by atoms with E-state index in [0.29, 0.717) is 11.8 Å². The topological polar surface area (TPSA) is 20.2 Å². The van der Waals surface area contributed by atoms with Gasteiger partial charge in [-0.2, -0.15) is 0 Å². The molecular weight excluding hydrogens is 184 g/mol. The minimum Gasteiger partial charge on any atom is -0.393 e. The van der Waals surface area contributed by atoms with Crippen molar-refractivity contribution in [2.75, 3.05) is 0 Å². The van der Waals surface area contributed by atoms with Crippen molar-refractivity contribution in [2.45, 2.75) is 25.4 Å². The second-order valence-electron chi connectivity index (χ2n) is 4.39. The van der Waals surface area contributed by atoms with Gasteiger partial charge in [0, 0.05) is 0 Å². The fraction of sp³-hybridized carbons (Fsp3) is 0.429. The Hall–Kier alpha value is -1.08. The molecule has 80 valence electrons. The molecule has 1 N–H and O–H groups in total. The lowest BCUT2D eigenvalue weighted by Gasteiger charge is -2.09. The third-order valence-corrected chi connectivity index (χ3v) is 3.26. The summed E-state index contributed by atoms with van der Waals surface area (Å²) in [4.78, 5) is 0. The highest BCUT2D eigenvalue weighted by Crippen LogP contribution is 2.43. The zero-order valence-electron chi connectivity index (χ0n) is 8.97. The molecule has 1 aromatic rings. The van der Waals surface area contributed by atoms with E-state index in [2.05, 4.69) is 18.7 Å². The summed E-state index contributed by atoms with van der Waals surface area (Å²) in [6.07, 6.45) is 4.80. The van der Waals surface area contributed by atoms with Crippen LogP contribution in [0.3, 0.4) is 0 Å². The summed E-state index contributed by atoms with van der Waals surface area (Å²) in [6.45, 7) is 3.76. The molecule has 0 aliphatic heterocycles. The summed E-state index contributed by atoms with van der Waals surface area (Å²) in [7, 11) is 0. The van der Waals surface area contributed by atoms with Crippen LogP contribution in [0.25, 0.3) is 0 Å². The van der Waals surface area contributed by atoms with Crippen molar-refractivity contribution in [2.24, 2.45) is 11.8 Å². The van der Waals surface area contributed by atoms with E-state index < -0.39 is 0 Å². The molecule has 0 spiro atoms. The molecule has 1 fully saturated rings. The predicted octanol–water partition coefficient (Wildman–Crippen LogP) is 2.80. The van der Waals surface area contributed by atoms with Gasteiger partial charge in [0.15, 0.2) is 0 Å². The molecule has 1 saturated carbocycles. The maximum atomic E-state index is 9.90. The first-order valence-corrected chi connectivity index (χ1v) is 5.66. The lowest BCUT2D eigenvalue weighted by atomic mass is 10.0. The molecule has 2 rings (SSSR count). The molecule has 0 saturated heterocycles. The van der Waals surface area contributed by atoms with Crippen molar-refractivity contribution in [3.8, 4) is 0 Å². The Balaban J connectivity index is 1.77. The van der Waals surface area contributed by atoms with Gasteiger partial charge < -0.3 is 5.11 Å². The minimum absolute atomic E-state index is 0.145. The second kappa shape index (κ2) is 4.63. The first-order chi connectivity index (χ1) is 7.31. The first kappa shape index (κ1) is 10.4. The first-order valence-electron chi connectivity index (χ1n) is 5.66. The molecule has 0 amide bonds. The maximum absolute atomic E-state index is 9.90. The van der Waals surface area contributed by atoms with Gasteiger partial charge in [-0.25, -0.2) is 0 Å². The summed E-state index contributed by atoms with van der Waals surface area (Å²) in [5, 5.41) is 9.90. The largest absolute Gasteiger partial charge is 0.393 e. The monoisotopic (exact) mass is 202 g/mol. The van der Waals surface area contributed by atoms with Gasteiger partial charge in [-0.05, 0) is 36.7 Å². The van der Waals surface area contributed by atoms with Crippen LogP contribution in [0.5, 0.6) is 0 Å². The van der Waals surface area contributed by atoms with Gasteiger partial charge in [-0.1, -0.05) is 36.4 Å². The van der Waals surface area contributed by atoms with E-state index in [1.165, 1.54) is 5.56 Å². The van der Waals surface area contributed by atoms with Gasteiger partial charge >= 0.3 is 0 Å². The van der Waals surface area contributed by atoms with Gasteiger partial charge in [0.05, 0.1) is 6.10 Å². The van der Waals surface area contributed by atoms with E-state index in [-0.39, 0.29) is 6.10 Å². The summed E-state index contributed by atoms with van der Waals surface area (Å²) in [5.74, 6) is 1.04. The average molecular weight is 202 g/mol. The van der Waals surface area contributed by atoms with Gasteiger partial charge in [0.1, 0.15) is 0 Å². The molecular formula is C14H18O. The summed E-state index contributed by atoms with van der Waals surface area (Å²) in [6, 6.07) is 10.3. The van der Waals surface area contributed by atoms with Crippen molar-refractivity contribution in [3.05, 3.63) is 48.6 Å². The Morgan fingerprint density at radius 1 is 1.40 bits per heavy atom. The SMILES string of the molecule is C=C[C@@H]1C[C@@H]1[C@H](O)CCc1ccccc1. The number of allylic oxidation sites excluding steroid dienone is 1. The number of hydrogen-bond donors (Lipinski definition) is 1. The van der Waals surface area contributed by atoms with Gasteiger partial charge in [-0.15, -0.1) is 6.58 Å². The lowest BCUT2D eigenvalue weighted by Crippen LogP contribution is -2.11. The van der Waals surface area contributed by atoms with Crippen LogP contribution in [0.2, 0.25) is 0 Å². The van der Waals surface area contributed by atoms with E-state index in [4.69, 9.17) is 0 Å². The number of benzene rings is 1. The second-order valence-corrected chi connectivity index (χ2v) is 4.39. The Bertz CT molecular complexity index is 317. The number of aryl methyl sites for hydroxylation is 1. The molecule has 0 unspecified atom stereocenters. The number of aliphatic hydroxyl groups is 1. The van der Waals surface area contributed by atoms with Crippen LogP contribution in [0, 0.1) is 11.8 Å². The fourth-order valence-corrected chi connectivity index (χ4v) is 2.12. The quantitative estimate of drug-likeness (QED) is 0.728. The molecule has 15 heavy (non-hydrogen) atoms. The Labute approximate surface area is 91.4 Å². The normalized spacial score (nSPS) is 25.9. The van der Waals surface area contributed by atoms with Crippen LogP contribution in [0.4, 0.5) is 0 Å². The molecule has 1 nitrogen and oxygen atoms in total. The van der Waals surface area contributed by atoms with E-state index >= 15 is 0 Å².